The van der Waals surface area contributed by atoms with Crippen LogP contribution in [0.1, 0.15) is 28.8 Å². The lowest BCUT2D eigenvalue weighted by Gasteiger charge is -2.36. The minimum atomic E-state index is -0.563. The summed E-state index contributed by atoms with van der Waals surface area (Å²) < 4.78 is 19.1. The highest BCUT2D eigenvalue weighted by Crippen LogP contribution is 2.20. The Kier molecular flexibility index (Phi) is 6.68. The van der Waals surface area contributed by atoms with Gasteiger partial charge in [-0.15, -0.1) is 0 Å². The average molecular weight is 439 g/mol. The van der Waals surface area contributed by atoms with E-state index >= 15 is 0 Å². The molecule has 0 saturated carbocycles. The summed E-state index contributed by atoms with van der Waals surface area (Å²) in [7, 11) is 0. The Bertz CT molecular complexity index is 987. The van der Waals surface area contributed by atoms with Crippen LogP contribution in [-0.2, 0) is 20.9 Å². The number of carbonyl (C=O) groups excluding carboxylic acids is 3. The smallest absolute Gasteiger partial charge is 0.338 e. The lowest BCUT2D eigenvalue weighted by Crippen LogP contribution is -2.50. The van der Waals surface area contributed by atoms with Gasteiger partial charge in [0.05, 0.1) is 11.3 Å². The van der Waals surface area contributed by atoms with Gasteiger partial charge in [0.1, 0.15) is 5.82 Å². The number of anilines is 1. The van der Waals surface area contributed by atoms with Gasteiger partial charge in [0.25, 0.3) is 5.91 Å². The molecular weight excluding hydrogens is 413 g/mol. The Hall–Kier alpha value is -3.42. The second kappa shape index (κ2) is 9.80. The maximum atomic E-state index is 13.9. The van der Waals surface area contributed by atoms with Crippen LogP contribution in [0.4, 0.5) is 10.1 Å². The minimum absolute atomic E-state index is 0.154. The fourth-order valence-electron chi connectivity index (χ4n) is 4.04. The van der Waals surface area contributed by atoms with E-state index in [4.69, 9.17) is 4.74 Å². The lowest BCUT2D eigenvalue weighted by atomic mass is 10.1. The summed E-state index contributed by atoms with van der Waals surface area (Å²) in [6.07, 6.45) is 1.48. The fraction of sp³-hybridized carbons (Fsp3) is 0.375. The SMILES string of the molecule is O=C(OCC(=O)N1CCN(c2ccccc2F)CC1)c1ccc(CN2CCCC2=O)cc1. The van der Waals surface area contributed by atoms with Gasteiger partial charge >= 0.3 is 5.97 Å². The van der Waals surface area contributed by atoms with E-state index in [0.29, 0.717) is 50.4 Å². The quantitative estimate of drug-likeness (QED) is 0.647. The topological polar surface area (TPSA) is 70.2 Å². The Morgan fingerprint density at radius 2 is 1.66 bits per heavy atom. The zero-order valence-corrected chi connectivity index (χ0v) is 17.8. The predicted octanol–water partition coefficient (Wildman–Crippen LogP) is 2.45. The number of hydrogen-bond acceptors (Lipinski definition) is 5. The van der Waals surface area contributed by atoms with Gasteiger partial charge in [0.2, 0.25) is 5.91 Å². The summed E-state index contributed by atoms with van der Waals surface area (Å²) in [6, 6.07) is 13.5. The molecule has 0 atom stereocenters. The van der Waals surface area contributed by atoms with E-state index in [9.17, 15) is 18.8 Å². The van der Waals surface area contributed by atoms with Crippen LogP contribution in [0.15, 0.2) is 48.5 Å². The maximum Gasteiger partial charge on any atom is 0.338 e. The van der Waals surface area contributed by atoms with Crippen LogP contribution < -0.4 is 4.90 Å². The van der Waals surface area contributed by atoms with Gasteiger partial charge in [-0.1, -0.05) is 24.3 Å². The molecule has 2 fully saturated rings. The summed E-state index contributed by atoms with van der Waals surface area (Å²) in [5, 5.41) is 0. The summed E-state index contributed by atoms with van der Waals surface area (Å²) in [5.74, 6) is -0.955. The van der Waals surface area contributed by atoms with Crippen LogP contribution >= 0.6 is 0 Å². The molecular formula is C24H26FN3O4. The molecule has 2 saturated heterocycles. The standard InChI is InChI=1S/C24H26FN3O4/c25-20-4-1-2-5-21(20)26-12-14-27(15-13-26)23(30)17-32-24(31)19-9-7-18(8-10-19)16-28-11-3-6-22(28)29/h1-2,4-5,7-10H,3,6,11-17H2. The first-order valence-electron chi connectivity index (χ1n) is 10.8. The second-order valence-electron chi connectivity index (χ2n) is 8.01. The van der Waals surface area contributed by atoms with E-state index in [1.165, 1.54) is 6.07 Å². The van der Waals surface area contributed by atoms with Gasteiger partial charge in [-0.2, -0.15) is 0 Å². The molecule has 0 radical (unpaired) electrons. The summed E-state index contributed by atoms with van der Waals surface area (Å²) in [6.45, 7) is 2.87. The van der Waals surface area contributed by atoms with Crippen LogP contribution in [-0.4, -0.2) is 66.9 Å². The molecule has 168 valence electrons. The van der Waals surface area contributed by atoms with Crippen LogP contribution in [0.3, 0.4) is 0 Å². The van der Waals surface area contributed by atoms with Crippen LogP contribution in [0.5, 0.6) is 0 Å². The molecule has 0 spiro atoms. The van der Waals surface area contributed by atoms with E-state index in [2.05, 4.69) is 0 Å². The van der Waals surface area contributed by atoms with Gasteiger partial charge < -0.3 is 19.4 Å². The van der Waals surface area contributed by atoms with Gasteiger partial charge in [0, 0.05) is 45.7 Å². The van der Waals surface area contributed by atoms with Crippen molar-refractivity contribution in [1.29, 1.82) is 0 Å². The van der Waals surface area contributed by atoms with Crippen LogP contribution in [0, 0.1) is 5.82 Å². The van der Waals surface area contributed by atoms with Crippen molar-refractivity contribution in [2.45, 2.75) is 19.4 Å². The van der Waals surface area contributed by atoms with E-state index < -0.39 is 5.97 Å². The first kappa shape index (κ1) is 21.8. The van der Waals surface area contributed by atoms with E-state index in [1.54, 1.807) is 52.3 Å². The van der Waals surface area contributed by atoms with Crippen LogP contribution in [0.2, 0.25) is 0 Å². The first-order chi connectivity index (χ1) is 15.5. The molecule has 32 heavy (non-hydrogen) atoms. The minimum Gasteiger partial charge on any atom is -0.452 e. The highest BCUT2D eigenvalue weighted by Gasteiger charge is 2.24. The number of benzene rings is 2. The number of esters is 1. The van der Waals surface area contributed by atoms with E-state index in [-0.39, 0.29) is 24.2 Å². The molecule has 0 N–H and O–H groups in total. The number of halogens is 1. The zero-order valence-electron chi connectivity index (χ0n) is 17.8. The number of hydrogen-bond donors (Lipinski definition) is 0. The number of piperazine rings is 1. The zero-order chi connectivity index (χ0) is 22.5. The molecule has 0 bridgehead atoms. The molecule has 2 aliphatic rings. The first-order valence-corrected chi connectivity index (χ1v) is 10.8. The fourth-order valence-corrected chi connectivity index (χ4v) is 4.04. The van der Waals surface area contributed by atoms with Crippen molar-refractivity contribution >= 4 is 23.5 Å². The van der Waals surface area contributed by atoms with Gasteiger partial charge in [-0.3, -0.25) is 9.59 Å². The highest BCUT2D eigenvalue weighted by atomic mass is 19.1. The van der Waals surface area contributed by atoms with Crippen LogP contribution in [0.25, 0.3) is 0 Å². The Labute approximate surface area is 186 Å². The molecule has 0 unspecified atom stereocenters. The largest absolute Gasteiger partial charge is 0.452 e. The number of amides is 2. The van der Waals surface area contributed by atoms with Crippen molar-refractivity contribution in [3.8, 4) is 0 Å². The molecule has 0 aromatic heterocycles. The molecule has 2 amide bonds. The molecule has 7 nitrogen and oxygen atoms in total. The monoisotopic (exact) mass is 439 g/mol. The highest BCUT2D eigenvalue weighted by molar-refractivity contribution is 5.91. The van der Waals surface area contributed by atoms with E-state index in [1.807, 2.05) is 4.90 Å². The van der Waals surface area contributed by atoms with Gasteiger partial charge in [-0.25, -0.2) is 9.18 Å². The summed E-state index contributed by atoms with van der Waals surface area (Å²) in [4.78, 5) is 41.8. The number of carbonyl (C=O) groups is 3. The van der Waals surface area contributed by atoms with Gasteiger partial charge in [0.15, 0.2) is 6.61 Å². The molecule has 8 heteroatoms. The van der Waals surface area contributed by atoms with Crippen molar-refractivity contribution < 1.29 is 23.5 Å². The number of rotatable bonds is 6. The van der Waals surface area contributed by atoms with Crippen molar-refractivity contribution in [1.82, 2.24) is 9.80 Å². The summed E-state index contributed by atoms with van der Waals surface area (Å²) in [5.41, 5.74) is 1.84. The van der Waals surface area contributed by atoms with Crippen molar-refractivity contribution in [2.24, 2.45) is 0 Å². The normalized spacial score (nSPS) is 16.4. The average Bonchev–Trinajstić information content (AvgIpc) is 3.22. The molecule has 0 aliphatic carbocycles. The molecule has 2 aliphatic heterocycles. The second-order valence-corrected chi connectivity index (χ2v) is 8.01. The van der Waals surface area contributed by atoms with Crippen molar-refractivity contribution in [3.05, 3.63) is 65.5 Å². The third kappa shape index (κ3) is 5.07. The van der Waals surface area contributed by atoms with E-state index in [0.717, 1.165) is 18.5 Å². The molecule has 2 aromatic rings. The number of nitrogens with zero attached hydrogens (tertiary/aromatic N) is 3. The Morgan fingerprint density at radius 3 is 2.31 bits per heavy atom. The maximum absolute atomic E-state index is 13.9. The third-order valence-corrected chi connectivity index (χ3v) is 5.89. The summed E-state index contributed by atoms with van der Waals surface area (Å²) >= 11 is 0. The predicted molar refractivity (Wildman–Crippen MR) is 117 cm³/mol. The van der Waals surface area contributed by atoms with Crippen molar-refractivity contribution in [2.75, 3.05) is 44.2 Å². The molecule has 2 heterocycles. The third-order valence-electron chi connectivity index (χ3n) is 5.89. The van der Waals surface area contributed by atoms with Gasteiger partial charge in [-0.05, 0) is 36.2 Å². The lowest BCUT2D eigenvalue weighted by molar-refractivity contribution is -0.134. The molecule has 4 rings (SSSR count). The molecule has 2 aromatic carbocycles. The van der Waals surface area contributed by atoms with Crippen molar-refractivity contribution in [3.63, 3.8) is 0 Å². The Morgan fingerprint density at radius 1 is 0.938 bits per heavy atom. The number of para-hydroxylation sites is 1. The number of ether oxygens (including phenoxy) is 1. The number of likely N-dealkylation sites (tertiary alicyclic amines) is 1. The Balaban J connectivity index is 1.23.